The molecule has 0 amide bonds. The van der Waals surface area contributed by atoms with Crippen molar-refractivity contribution >= 4 is 23.5 Å². The summed E-state index contributed by atoms with van der Waals surface area (Å²) in [5.41, 5.74) is 0.928. The molecule has 0 unspecified atom stereocenters. The summed E-state index contributed by atoms with van der Waals surface area (Å²) in [6.07, 6.45) is 1.51. The van der Waals surface area contributed by atoms with Crippen LogP contribution in [0, 0.1) is 0 Å². The molecule has 26 heavy (non-hydrogen) atoms. The van der Waals surface area contributed by atoms with Gasteiger partial charge in [0.05, 0.1) is 31.9 Å². The molecule has 0 bridgehead atoms. The van der Waals surface area contributed by atoms with Gasteiger partial charge in [-0.25, -0.2) is 0 Å². The number of ether oxygens (including phenoxy) is 5. The van der Waals surface area contributed by atoms with Gasteiger partial charge in [0.1, 0.15) is 17.2 Å². The van der Waals surface area contributed by atoms with Gasteiger partial charge in [0.15, 0.2) is 11.5 Å². The number of carbonyl (C=O) groups is 1. The number of methoxy groups -OCH3 is 3. The zero-order valence-electron chi connectivity index (χ0n) is 14.5. The lowest BCUT2D eigenvalue weighted by Crippen LogP contribution is -2.00. The van der Waals surface area contributed by atoms with Crippen LogP contribution < -0.4 is 23.7 Å². The second kappa shape index (κ2) is 7.58. The van der Waals surface area contributed by atoms with Gasteiger partial charge in [-0.1, -0.05) is 11.6 Å². The maximum Gasteiger partial charge on any atom is 0.231 e. The Balaban J connectivity index is 1.97. The van der Waals surface area contributed by atoms with Gasteiger partial charge in [0.2, 0.25) is 12.6 Å². The fourth-order valence-corrected chi connectivity index (χ4v) is 2.76. The number of ketones is 1. The van der Waals surface area contributed by atoms with E-state index < -0.39 is 0 Å². The highest BCUT2D eigenvalue weighted by molar-refractivity contribution is 6.47. The second-order valence-corrected chi connectivity index (χ2v) is 5.74. The largest absolute Gasteiger partial charge is 0.496 e. The molecule has 0 fully saturated rings. The third-order valence-electron chi connectivity index (χ3n) is 3.88. The standard InChI is InChI=1S/C19H17ClO6/c1-22-12-7-16(23-2)13(17(8-12)24-3)9-14(20)19(21)11-4-5-15-18(6-11)26-10-25-15/h4-9H,10H2,1-3H3/b14-9-. The van der Waals surface area contributed by atoms with Crippen molar-refractivity contribution in [2.24, 2.45) is 0 Å². The summed E-state index contributed by atoms with van der Waals surface area (Å²) in [7, 11) is 4.57. The lowest BCUT2D eigenvalue weighted by Gasteiger charge is -2.13. The van der Waals surface area contributed by atoms with Crippen LogP contribution in [-0.4, -0.2) is 33.9 Å². The van der Waals surface area contributed by atoms with Crippen LogP contribution in [0.3, 0.4) is 0 Å². The minimum Gasteiger partial charge on any atom is -0.496 e. The van der Waals surface area contributed by atoms with Crippen molar-refractivity contribution in [3.63, 3.8) is 0 Å². The Kier molecular flexibility index (Phi) is 5.23. The Morgan fingerprint density at radius 3 is 2.27 bits per heavy atom. The van der Waals surface area contributed by atoms with E-state index in [0.29, 0.717) is 39.9 Å². The number of benzene rings is 2. The van der Waals surface area contributed by atoms with Gasteiger partial charge in [-0.15, -0.1) is 0 Å². The summed E-state index contributed by atoms with van der Waals surface area (Å²) in [5.74, 6) is 2.26. The first kappa shape index (κ1) is 17.9. The predicted molar refractivity (Wildman–Crippen MR) is 96.8 cm³/mol. The number of Topliss-reactive ketones (excluding diaryl/α,β-unsaturated/α-hetero) is 1. The molecule has 0 saturated heterocycles. The van der Waals surface area contributed by atoms with E-state index in [4.69, 9.17) is 35.3 Å². The maximum atomic E-state index is 12.7. The first-order valence-electron chi connectivity index (χ1n) is 7.69. The average Bonchev–Trinajstić information content (AvgIpc) is 3.14. The highest BCUT2D eigenvalue weighted by Gasteiger charge is 2.19. The molecule has 0 aromatic heterocycles. The summed E-state index contributed by atoms with van der Waals surface area (Å²) in [6.45, 7) is 0.136. The molecule has 6 nitrogen and oxygen atoms in total. The van der Waals surface area contributed by atoms with E-state index in [9.17, 15) is 4.79 Å². The van der Waals surface area contributed by atoms with Crippen molar-refractivity contribution in [2.45, 2.75) is 0 Å². The van der Waals surface area contributed by atoms with Crippen LogP contribution in [0.15, 0.2) is 35.4 Å². The summed E-state index contributed by atoms with van der Waals surface area (Å²) in [4.78, 5) is 12.7. The third-order valence-corrected chi connectivity index (χ3v) is 4.16. The fourth-order valence-electron chi connectivity index (χ4n) is 2.54. The zero-order chi connectivity index (χ0) is 18.7. The molecule has 0 spiro atoms. The van der Waals surface area contributed by atoms with E-state index in [1.165, 1.54) is 20.3 Å². The number of hydrogen-bond acceptors (Lipinski definition) is 6. The minimum atomic E-state index is -0.357. The quantitative estimate of drug-likeness (QED) is 0.562. The molecule has 2 aromatic carbocycles. The number of hydrogen-bond donors (Lipinski definition) is 0. The Morgan fingerprint density at radius 1 is 1.00 bits per heavy atom. The van der Waals surface area contributed by atoms with Gasteiger partial charge >= 0.3 is 0 Å². The molecular formula is C19H17ClO6. The molecule has 136 valence electrons. The number of carbonyl (C=O) groups excluding carboxylic acids is 1. The second-order valence-electron chi connectivity index (χ2n) is 5.34. The molecule has 1 aliphatic rings. The molecule has 2 aromatic rings. The molecule has 3 rings (SSSR count). The van der Waals surface area contributed by atoms with E-state index in [1.54, 1.807) is 37.4 Å². The van der Waals surface area contributed by atoms with Crippen molar-refractivity contribution in [1.82, 2.24) is 0 Å². The lowest BCUT2D eigenvalue weighted by atomic mass is 10.1. The molecule has 0 aliphatic carbocycles. The topological polar surface area (TPSA) is 63.2 Å². The van der Waals surface area contributed by atoms with Gasteiger partial charge in [0, 0.05) is 17.7 Å². The molecule has 0 radical (unpaired) electrons. The van der Waals surface area contributed by atoms with Gasteiger partial charge in [-0.05, 0) is 24.3 Å². The monoisotopic (exact) mass is 376 g/mol. The van der Waals surface area contributed by atoms with Crippen LogP contribution >= 0.6 is 11.6 Å². The predicted octanol–water partition coefficient (Wildman–Crippen LogP) is 3.90. The molecule has 7 heteroatoms. The fraction of sp³-hybridized carbons (Fsp3) is 0.211. The Morgan fingerprint density at radius 2 is 1.65 bits per heavy atom. The van der Waals surface area contributed by atoms with Crippen molar-refractivity contribution in [3.8, 4) is 28.7 Å². The van der Waals surface area contributed by atoms with Crippen molar-refractivity contribution in [3.05, 3.63) is 46.5 Å². The third kappa shape index (κ3) is 3.41. The summed E-state index contributed by atoms with van der Waals surface area (Å²) >= 11 is 6.28. The molecule has 0 atom stereocenters. The van der Waals surface area contributed by atoms with Crippen LogP contribution in [0.2, 0.25) is 0 Å². The molecule has 0 saturated carbocycles. The van der Waals surface area contributed by atoms with Gasteiger partial charge in [0.25, 0.3) is 0 Å². The molecule has 1 heterocycles. The maximum absolute atomic E-state index is 12.7. The highest BCUT2D eigenvalue weighted by Crippen LogP contribution is 2.37. The van der Waals surface area contributed by atoms with Crippen molar-refractivity contribution in [1.29, 1.82) is 0 Å². The van der Waals surface area contributed by atoms with Gasteiger partial charge < -0.3 is 23.7 Å². The Labute approximate surface area is 155 Å². The van der Waals surface area contributed by atoms with Crippen LogP contribution in [0.1, 0.15) is 15.9 Å². The van der Waals surface area contributed by atoms with Crippen molar-refractivity contribution in [2.75, 3.05) is 28.1 Å². The van der Waals surface area contributed by atoms with E-state index >= 15 is 0 Å². The van der Waals surface area contributed by atoms with Gasteiger partial charge in [-0.2, -0.15) is 0 Å². The summed E-state index contributed by atoms with van der Waals surface area (Å²) in [6, 6.07) is 8.28. The number of allylic oxidation sites excluding steroid dienone is 1. The Hall–Kier alpha value is -2.86. The highest BCUT2D eigenvalue weighted by atomic mass is 35.5. The van der Waals surface area contributed by atoms with E-state index in [0.717, 1.165) is 0 Å². The molecular weight excluding hydrogens is 360 g/mol. The minimum absolute atomic E-state index is 0.00521. The van der Waals surface area contributed by atoms with E-state index in [1.807, 2.05) is 0 Å². The van der Waals surface area contributed by atoms with Crippen molar-refractivity contribution < 1.29 is 28.5 Å². The number of halogens is 1. The average molecular weight is 377 g/mol. The van der Waals surface area contributed by atoms with E-state index in [2.05, 4.69) is 0 Å². The van der Waals surface area contributed by atoms with Crippen LogP contribution in [0.5, 0.6) is 28.7 Å². The smallest absolute Gasteiger partial charge is 0.231 e. The van der Waals surface area contributed by atoms with Crippen LogP contribution in [0.25, 0.3) is 6.08 Å². The molecule has 0 N–H and O–H groups in total. The SMILES string of the molecule is COc1cc(OC)c(/C=C(\Cl)C(=O)c2ccc3c(c2)OCO3)c(OC)c1. The zero-order valence-corrected chi connectivity index (χ0v) is 15.3. The number of fused-ring (bicyclic) bond motifs is 1. The first-order valence-corrected chi connectivity index (χ1v) is 8.06. The number of rotatable bonds is 6. The van der Waals surface area contributed by atoms with Crippen LogP contribution in [0.4, 0.5) is 0 Å². The van der Waals surface area contributed by atoms with Gasteiger partial charge in [-0.3, -0.25) is 4.79 Å². The lowest BCUT2D eigenvalue weighted by molar-refractivity contribution is 0.104. The normalized spacial score (nSPS) is 12.7. The molecule has 1 aliphatic heterocycles. The van der Waals surface area contributed by atoms with Crippen LogP contribution in [-0.2, 0) is 0 Å². The van der Waals surface area contributed by atoms with E-state index in [-0.39, 0.29) is 17.6 Å². The summed E-state index contributed by atoms with van der Waals surface area (Å²) in [5, 5.41) is 0.00521. The Bertz CT molecular complexity index is 849. The summed E-state index contributed by atoms with van der Waals surface area (Å²) < 4.78 is 26.5. The first-order chi connectivity index (χ1) is 12.6.